The van der Waals surface area contributed by atoms with Crippen molar-refractivity contribution in [3.63, 3.8) is 0 Å². The summed E-state index contributed by atoms with van der Waals surface area (Å²) in [5.41, 5.74) is 2.22. The van der Waals surface area contributed by atoms with E-state index in [1.165, 1.54) is 12.4 Å². The van der Waals surface area contributed by atoms with E-state index in [4.69, 9.17) is 16.3 Å². The van der Waals surface area contributed by atoms with E-state index in [1.54, 1.807) is 19.2 Å². The molecule has 7 heteroatoms. The van der Waals surface area contributed by atoms with Gasteiger partial charge in [-0.25, -0.2) is 9.97 Å². The van der Waals surface area contributed by atoms with Crippen LogP contribution >= 0.6 is 11.6 Å². The SMILES string of the molecule is COc1ccc(CCNC(=O)c2cnc(Nc3ccc(Cl)cc3)cn2)cc1. The lowest BCUT2D eigenvalue weighted by Crippen LogP contribution is -2.26. The van der Waals surface area contributed by atoms with Crippen LogP contribution in [0.4, 0.5) is 11.5 Å². The molecule has 1 heterocycles. The molecule has 138 valence electrons. The van der Waals surface area contributed by atoms with Gasteiger partial charge in [-0.2, -0.15) is 0 Å². The summed E-state index contributed by atoms with van der Waals surface area (Å²) in [5, 5.41) is 6.60. The number of amides is 1. The molecule has 3 aromatic rings. The van der Waals surface area contributed by atoms with Gasteiger partial charge in [0.15, 0.2) is 0 Å². The van der Waals surface area contributed by atoms with E-state index < -0.39 is 0 Å². The molecule has 2 N–H and O–H groups in total. The van der Waals surface area contributed by atoms with Crippen molar-refractivity contribution in [2.75, 3.05) is 19.0 Å². The Balaban J connectivity index is 1.50. The third kappa shape index (κ3) is 5.43. The molecule has 0 spiro atoms. The molecule has 0 fully saturated rings. The molecule has 0 saturated heterocycles. The molecule has 0 aliphatic rings. The number of ether oxygens (including phenoxy) is 1. The average Bonchev–Trinajstić information content (AvgIpc) is 2.71. The molecule has 1 aromatic heterocycles. The van der Waals surface area contributed by atoms with Crippen LogP contribution in [0.3, 0.4) is 0 Å². The fourth-order valence-electron chi connectivity index (χ4n) is 2.39. The monoisotopic (exact) mass is 382 g/mol. The van der Waals surface area contributed by atoms with Gasteiger partial charge in [0.1, 0.15) is 17.3 Å². The second-order valence-corrected chi connectivity index (χ2v) is 6.21. The lowest BCUT2D eigenvalue weighted by Gasteiger charge is -2.07. The van der Waals surface area contributed by atoms with Gasteiger partial charge in [-0.15, -0.1) is 0 Å². The summed E-state index contributed by atoms with van der Waals surface area (Å²) in [6.07, 6.45) is 3.69. The second kappa shape index (κ2) is 9.00. The van der Waals surface area contributed by atoms with E-state index in [0.717, 1.165) is 23.4 Å². The Kier molecular flexibility index (Phi) is 6.22. The Morgan fingerprint density at radius 2 is 1.78 bits per heavy atom. The van der Waals surface area contributed by atoms with Gasteiger partial charge in [-0.05, 0) is 48.4 Å². The van der Waals surface area contributed by atoms with Gasteiger partial charge in [0.05, 0.1) is 19.5 Å². The highest BCUT2D eigenvalue weighted by Gasteiger charge is 2.08. The summed E-state index contributed by atoms with van der Waals surface area (Å²) in [5.74, 6) is 1.10. The van der Waals surface area contributed by atoms with Crippen LogP contribution in [-0.2, 0) is 6.42 Å². The Bertz CT molecular complexity index is 881. The van der Waals surface area contributed by atoms with Crippen LogP contribution in [0.15, 0.2) is 60.9 Å². The van der Waals surface area contributed by atoms with Crippen molar-refractivity contribution < 1.29 is 9.53 Å². The van der Waals surface area contributed by atoms with Gasteiger partial charge >= 0.3 is 0 Å². The van der Waals surface area contributed by atoms with Crippen LogP contribution in [-0.4, -0.2) is 29.5 Å². The number of carbonyl (C=O) groups excluding carboxylic acids is 1. The zero-order valence-corrected chi connectivity index (χ0v) is 15.5. The lowest BCUT2D eigenvalue weighted by molar-refractivity contribution is 0.0949. The Hall–Kier alpha value is -3.12. The summed E-state index contributed by atoms with van der Waals surface area (Å²) in [6.45, 7) is 0.512. The maximum atomic E-state index is 12.2. The van der Waals surface area contributed by atoms with Crippen LogP contribution in [0.1, 0.15) is 16.1 Å². The fraction of sp³-hybridized carbons (Fsp3) is 0.150. The maximum Gasteiger partial charge on any atom is 0.271 e. The molecule has 0 bridgehead atoms. The number of methoxy groups -OCH3 is 1. The van der Waals surface area contributed by atoms with Crippen LogP contribution in [0.2, 0.25) is 5.02 Å². The van der Waals surface area contributed by atoms with Crippen LogP contribution < -0.4 is 15.4 Å². The summed E-state index contributed by atoms with van der Waals surface area (Å²) < 4.78 is 5.13. The van der Waals surface area contributed by atoms with Gasteiger partial charge in [0, 0.05) is 17.3 Å². The first-order valence-electron chi connectivity index (χ1n) is 8.40. The molecule has 3 rings (SSSR count). The predicted molar refractivity (Wildman–Crippen MR) is 106 cm³/mol. The molecule has 0 aliphatic carbocycles. The van der Waals surface area contributed by atoms with Crippen molar-refractivity contribution >= 4 is 29.0 Å². The molecule has 27 heavy (non-hydrogen) atoms. The standard InChI is InChI=1S/C20H19ClN4O2/c1-27-17-8-2-14(3-9-17)10-11-22-20(26)18-12-24-19(13-23-18)25-16-6-4-15(21)5-7-16/h2-9,12-13H,10-11H2,1H3,(H,22,26)(H,24,25). The zero-order chi connectivity index (χ0) is 19.1. The number of anilines is 2. The molecule has 0 aliphatic heterocycles. The average molecular weight is 383 g/mol. The first-order valence-corrected chi connectivity index (χ1v) is 8.77. The van der Waals surface area contributed by atoms with E-state index in [1.807, 2.05) is 36.4 Å². The molecule has 0 radical (unpaired) electrons. The van der Waals surface area contributed by atoms with E-state index in [0.29, 0.717) is 17.4 Å². The Labute approximate surface area is 162 Å². The minimum absolute atomic E-state index is 0.256. The minimum Gasteiger partial charge on any atom is -0.497 e. The third-order valence-electron chi connectivity index (χ3n) is 3.86. The summed E-state index contributed by atoms with van der Waals surface area (Å²) in [7, 11) is 1.63. The number of nitrogens with one attached hydrogen (secondary N) is 2. The number of benzene rings is 2. The summed E-state index contributed by atoms with van der Waals surface area (Å²) >= 11 is 5.86. The number of rotatable bonds is 7. The van der Waals surface area contributed by atoms with E-state index in [2.05, 4.69) is 20.6 Å². The highest BCUT2D eigenvalue weighted by atomic mass is 35.5. The van der Waals surface area contributed by atoms with Gasteiger partial charge in [0.25, 0.3) is 5.91 Å². The smallest absolute Gasteiger partial charge is 0.271 e. The molecule has 0 unspecified atom stereocenters. The lowest BCUT2D eigenvalue weighted by atomic mass is 10.1. The number of carbonyl (C=O) groups is 1. The molecule has 0 saturated carbocycles. The van der Waals surface area contributed by atoms with E-state index in [9.17, 15) is 4.79 Å². The Morgan fingerprint density at radius 1 is 1.04 bits per heavy atom. The summed E-state index contributed by atoms with van der Waals surface area (Å²) in [6, 6.07) is 15.0. The van der Waals surface area contributed by atoms with Crippen molar-refractivity contribution in [3.05, 3.63) is 77.2 Å². The van der Waals surface area contributed by atoms with Crippen molar-refractivity contribution in [3.8, 4) is 5.75 Å². The quantitative estimate of drug-likeness (QED) is 0.649. The van der Waals surface area contributed by atoms with Crippen molar-refractivity contribution in [2.24, 2.45) is 0 Å². The number of halogens is 1. The molecular formula is C20H19ClN4O2. The number of aromatic nitrogens is 2. The van der Waals surface area contributed by atoms with E-state index in [-0.39, 0.29) is 11.6 Å². The first-order chi connectivity index (χ1) is 13.1. The van der Waals surface area contributed by atoms with Gasteiger partial charge in [0.2, 0.25) is 0 Å². The van der Waals surface area contributed by atoms with E-state index >= 15 is 0 Å². The van der Waals surface area contributed by atoms with Crippen molar-refractivity contribution in [2.45, 2.75) is 6.42 Å². The first kappa shape index (κ1) is 18.7. The van der Waals surface area contributed by atoms with Crippen molar-refractivity contribution in [1.29, 1.82) is 0 Å². The second-order valence-electron chi connectivity index (χ2n) is 5.77. The van der Waals surface area contributed by atoms with Crippen molar-refractivity contribution in [1.82, 2.24) is 15.3 Å². The molecule has 2 aromatic carbocycles. The zero-order valence-electron chi connectivity index (χ0n) is 14.8. The Morgan fingerprint density at radius 3 is 2.41 bits per heavy atom. The van der Waals surface area contributed by atoms with Gasteiger partial charge in [-0.1, -0.05) is 23.7 Å². The summed E-state index contributed by atoms with van der Waals surface area (Å²) in [4.78, 5) is 20.6. The van der Waals surface area contributed by atoms with Crippen LogP contribution in [0.5, 0.6) is 5.75 Å². The highest BCUT2D eigenvalue weighted by molar-refractivity contribution is 6.30. The molecular weight excluding hydrogens is 364 g/mol. The van der Waals surface area contributed by atoms with Gasteiger partial charge < -0.3 is 15.4 Å². The van der Waals surface area contributed by atoms with Gasteiger partial charge in [-0.3, -0.25) is 4.79 Å². The molecule has 6 nitrogen and oxygen atoms in total. The number of nitrogens with zero attached hydrogens (tertiary/aromatic N) is 2. The van der Waals surface area contributed by atoms with Crippen LogP contribution in [0, 0.1) is 0 Å². The number of hydrogen-bond acceptors (Lipinski definition) is 5. The normalized spacial score (nSPS) is 10.3. The minimum atomic E-state index is -0.256. The fourth-order valence-corrected chi connectivity index (χ4v) is 2.52. The number of hydrogen-bond donors (Lipinski definition) is 2. The predicted octanol–water partition coefficient (Wildman–Crippen LogP) is 3.85. The molecule has 0 atom stereocenters. The largest absolute Gasteiger partial charge is 0.497 e. The van der Waals surface area contributed by atoms with Crippen LogP contribution in [0.25, 0.3) is 0 Å². The third-order valence-corrected chi connectivity index (χ3v) is 4.11. The topological polar surface area (TPSA) is 76.1 Å². The highest BCUT2D eigenvalue weighted by Crippen LogP contribution is 2.17. The molecule has 1 amide bonds. The maximum absolute atomic E-state index is 12.2.